The Morgan fingerprint density at radius 3 is 3.00 bits per heavy atom. The van der Waals surface area contributed by atoms with Crippen molar-refractivity contribution in [2.45, 2.75) is 25.7 Å². The lowest BCUT2D eigenvalue weighted by Crippen LogP contribution is -2.36. The molecule has 0 radical (unpaired) electrons. The largest absolute Gasteiger partial charge is 0.461 e. The Balaban J connectivity index is 2.89. The molecule has 1 heterocycles. The summed E-state index contributed by atoms with van der Waals surface area (Å²) in [4.78, 5) is 30.4. The highest BCUT2D eigenvalue weighted by molar-refractivity contribution is 7.51. The van der Waals surface area contributed by atoms with Crippen LogP contribution in [0.3, 0.4) is 0 Å². The van der Waals surface area contributed by atoms with Crippen LogP contribution >= 0.6 is 8.15 Å². The third-order valence-corrected chi connectivity index (χ3v) is 4.98. The molecule has 0 bridgehead atoms. The number of nitrogens with zero attached hydrogens (tertiary/aromatic N) is 3. The van der Waals surface area contributed by atoms with E-state index in [9.17, 15) is 9.59 Å². The van der Waals surface area contributed by atoms with Gasteiger partial charge in [-0.05, 0) is 18.9 Å². The Bertz CT molecular complexity index is 760. The number of hydrogen-bond acceptors (Lipinski definition) is 8. The third kappa shape index (κ3) is 9.24. The summed E-state index contributed by atoms with van der Waals surface area (Å²) in [6, 6.07) is 1.40. The van der Waals surface area contributed by atoms with E-state index in [1.165, 1.54) is 19.2 Å². The van der Waals surface area contributed by atoms with E-state index in [0.29, 0.717) is 6.54 Å². The highest BCUT2D eigenvalue weighted by Crippen LogP contribution is 2.33. The average Bonchev–Trinajstić information content (AvgIpc) is 2.67. The van der Waals surface area contributed by atoms with Gasteiger partial charge in [0.1, 0.15) is 18.5 Å². The summed E-state index contributed by atoms with van der Waals surface area (Å²) in [5.41, 5.74) is 4.82. The number of anilines is 1. The summed E-state index contributed by atoms with van der Waals surface area (Å²) in [5.74, 6) is -0.522. The van der Waals surface area contributed by atoms with Gasteiger partial charge in [-0.15, -0.1) is 0 Å². The summed E-state index contributed by atoms with van der Waals surface area (Å²) < 4.78 is 37.2. The van der Waals surface area contributed by atoms with Crippen molar-refractivity contribution in [1.29, 1.82) is 0 Å². The van der Waals surface area contributed by atoms with E-state index in [4.69, 9.17) is 33.8 Å². The van der Waals surface area contributed by atoms with Crippen molar-refractivity contribution in [3.05, 3.63) is 34.2 Å². The molecule has 0 aliphatic carbocycles. The van der Waals surface area contributed by atoms with E-state index in [-0.39, 0.29) is 25.6 Å². The summed E-state index contributed by atoms with van der Waals surface area (Å²) in [6.07, 6.45) is 1.04. The monoisotopic (exact) mass is 417 g/mol. The normalized spacial score (nSPS) is 16.2. The van der Waals surface area contributed by atoms with Gasteiger partial charge in [-0.3, -0.25) is 9.36 Å². The molecule has 4 atom stereocenters. The highest BCUT2D eigenvalue weighted by Gasteiger charge is 2.22. The van der Waals surface area contributed by atoms with Crippen LogP contribution in [0.4, 0.5) is 5.82 Å². The molecule has 0 fully saturated rings. The Hall–Kier alpha value is -2.05. The quantitative estimate of drug-likeness (QED) is 0.221. The molecule has 0 spiro atoms. The summed E-state index contributed by atoms with van der Waals surface area (Å²) >= 11 is 0. The van der Waals surface area contributed by atoms with E-state index >= 15 is 0 Å². The lowest BCUT2D eigenvalue weighted by molar-refractivity contribution is -0.156. The Labute approximate surface area is 168 Å². The Kier molecular flexibility index (Phi) is 9.73. The summed E-state index contributed by atoms with van der Waals surface area (Å²) in [5, 5.41) is 0. The molecule has 2 N–H and O–H groups in total. The van der Waals surface area contributed by atoms with Crippen molar-refractivity contribution in [3.8, 4) is 0 Å². The maximum Gasteiger partial charge on any atom is 0.351 e. The number of nitrogen functional groups attached to an aromatic ring is 1. The first-order valence-electron chi connectivity index (χ1n) is 9.65. The fraction of sp³-hybridized carbons (Fsp3) is 0.647. The molecule has 1 rings (SSSR count). The molecule has 0 aliphatic rings. The number of methoxy groups -OCH3 is 1. The zero-order chi connectivity index (χ0) is 22.5. The van der Waals surface area contributed by atoms with Crippen molar-refractivity contribution in [2.75, 3.05) is 52.0 Å². The van der Waals surface area contributed by atoms with Crippen molar-refractivity contribution < 1.29 is 26.3 Å². The second kappa shape index (κ2) is 13.2. The number of hydrogen-bond donors (Lipinski definition) is 1. The zero-order valence-corrected chi connectivity index (χ0v) is 16.8. The molecule has 11 heteroatoms. The van der Waals surface area contributed by atoms with Crippen LogP contribution in [0.1, 0.15) is 22.3 Å². The summed E-state index contributed by atoms with van der Waals surface area (Å²) in [6.45, 7) is 10.0. The lowest BCUT2D eigenvalue weighted by atomic mass is 10.4. The Morgan fingerprint density at radius 1 is 1.57 bits per heavy atom. The molecule has 0 saturated carbocycles. The maximum absolute atomic E-state index is 12.2. The van der Waals surface area contributed by atoms with Crippen molar-refractivity contribution in [1.82, 2.24) is 9.55 Å². The Morgan fingerprint density at radius 2 is 2.36 bits per heavy atom. The molecule has 0 saturated heterocycles. The van der Waals surface area contributed by atoms with E-state index in [0.717, 1.165) is 17.1 Å². The molecule has 1 aromatic heterocycles. The molecule has 0 aromatic carbocycles. The number of aromatic nitrogens is 2. The topological polar surface area (TPSA) is 119 Å². The van der Waals surface area contributed by atoms with E-state index in [2.05, 4.69) is 9.83 Å². The molecular formula is C17H27N4O6P. The van der Waals surface area contributed by atoms with Crippen molar-refractivity contribution >= 4 is 19.9 Å². The van der Waals surface area contributed by atoms with Gasteiger partial charge in [0, 0.05) is 34.8 Å². The minimum atomic E-state index is -1.52. The molecule has 1 aromatic rings. The predicted molar refractivity (Wildman–Crippen MR) is 105 cm³/mol. The van der Waals surface area contributed by atoms with Crippen LogP contribution in [-0.4, -0.2) is 67.9 Å². The van der Waals surface area contributed by atoms with Crippen LogP contribution in [0.25, 0.3) is 4.85 Å². The second-order valence-corrected chi connectivity index (χ2v) is 7.73. The number of carbonyl (C=O) groups excluding carboxylic acids is 1. The molecule has 28 heavy (non-hydrogen) atoms. The molecule has 0 amide bonds. The van der Waals surface area contributed by atoms with Gasteiger partial charge >= 0.3 is 11.7 Å². The highest BCUT2D eigenvalue weighted by atomic mass is 31.1. The van der Waals surface area contributed by atoms with Crippen LogP contribution in [0.15, 0.2) is 17.1 Å². The van der Waals surface area contributed by atoms with Crippen LogP contribution < -0.4 is 11.4 Å². The first-order valence-corrected chi connectivity index (χ1v) is 10.4. The molecular weight excluding hydrogens is 387 g/mol. The molecule has 0 aliphatic heterocycles. The van der Waals surface area contributed by atoms with Crippen molar-refractivity contribution in [2.24, 2.45) is 0 Å². The minimum absolute atomic E-state index is 0.0352. The third-order valence-electron chi connectivity index (χ3n) is 3.45. The zero-order valence-electron chi connectivity index (χ0n) is 17.9. The van der Waals surface area contributed by atoms with Gasteiger partial charge < -0.3 is 29.3 Å². The second-order valence-electron chi connectivity index (χ2n) is 5.77. The van der Waals surface area contributed by atoms with Gasteiger partial charge in [0.2, 0.25) is 6.54 Å². The van der Waals surface area contributed by atoms with E-state index < -0.39 is 39.2 Å². The van der Waals surface area contributed by atoms with Crippen LogP contribution in [0, 0.1) is 6.57 Å². The molecule has 156 valence electrons. The van der Waals surface area contributed by atoms with E-state index in [1.807, 2.05) is 6.66 Å². The van der Waals surface area contributed by atoms with Crippen LogP contribution in [0.5, 0.6) is 0 Å². The van der Waals surface area contributed by atoms with Gasteiger partial charge in [0.15, 0.2) is 6.23 Å². The smallest absolute Gasteiger partial charge is 0.351 e. The number of nitrogens with two attached hydrogens (primary N) is 1. The first kappa shape index (κ1) is 20.7. The number of ether oxygens (including phenoxy) is 3. The van der Waals surface area contributed by atoms with Gasteiger partial charge in [0.25, 0.3) is 0 Å². The number of esters is 1. The maximum atomic E-state index is 12.2. The van der Waals surface area contributed by atoms with Gasteiger partial charge in [-0.25, -0.2) is 11.4 Å². The van der Waals surface area contributed by atoms with Crippen LogP contribution in [-0.2, 0) is 23.5 Å². The first-order chi connectivity index (χ1) is 14.2. The number of rotatable bonds is 13. The minimum Gasteiger partial charge on any atom is -0.461 e. The summed E-state index contributed by atoms with van der Waals surface area (Å²) in [7, 11) is -2.34. The molecule has 10 nitrogen and oxygen atoms in total. The standard InChI is InChI=1S/C17H27N4O6P/c1-13(22)25-12-16(21-8-6-15(18)20-17(21)23)27-14(10-24-3)11-26-28(4)9-5-7-19-2/h6,8,14,16H,5,7,9-12H2,1,3-4H3,(H2,18,20,23)/i3TD. The fourth-order valence-electron chi connectivity index (χ4n) is 2.12. The van der Waals surface area contributed by atoms with Gasteiger partial charge in [0.05, 0.1) is 16.0 Å². The average molecular weight is 417 g/mol. The predicted octanol–water partition coefficient (Wildman–Crippen LogP) is 1.27. The van der Waals surface area contributed by atoms with Gasteiger partial charge in [-0.1, -0.05) is 0 Å². The van der Waals surface area contributed by atoms with Crippen LogP contribution in [0.2, 0.25) is 0 Å². The molecule has 4 unspecified atom stereocenters. The number of carbonyl (C=O) groups is 1. The fourth-order valence-corrected chi connectivity index (χ4v) is 3.26. The van der Waals surface area contributed by atoms with Crippen molar-refractivity contribution in [3.63, 3.8) is 0 Å². The lowest BCUT2D eigenvalue weighted by Gasteiger charge is -2.26. The van der Waals surface area contributed by atoms with Gasteiger partial charge in [-0.2, -0.15) is 4.98 Å². The SMILES string of the molecule is [2H]C([3H])OCC(COP(C)CCC[N+]#[C-])OC(COC(C)=O)n1ccc(N)nc1=O. The van der Waals surface area contributed by atoms with E-state index in [1.54, 1.807) is 0 Å².